The molecule has 19 heavy (non-hydrogen) atoms. The molecule has 2 N–H and O–H groups in total. The van der Waals surface area contributed by atoms with Gasteiger partial charge in [-0.3, -0.25) is 4.90 Å². The normalized spacial score (nSPS) is 28.0. The summed E-state index contributed by atoms with van der Waals surface area (Å²) in [5, 5.41) is 0. The van der Waals surface area contributed by atoms with Crippen LogP contribution in [0.15, 0.2) is 30.3 Å². The maximum absolute atomic E-state index is 6.11. The molecule has 0 amide bonds. The molecule has 1 fully saturated rings. The van der Waals surface area contributed by atoms with Gasteiger partial charge in [-0.25, -0.2) is 0 Å². The fraction of sp³-hybridized carbons (Fsp3) is 0.647. The van der Waals surface area contributed by atoms with Crippen LogP contribution in [0.1, 0.15) is 39.2 Å². The zero-order valence-electron chi connectivity index (χ0n) is 12.6. The molecule has 1 aromatic carbocycles. The van der Waals surface area contributed by atoms with E-state index >= 15 is 0 Å². The third kappa shape index (κ3) is 3.18. The summed E-state index contributed by atoms with van der Waals surface area (Å²) < 4.78 is 0. The maximum Gasteiger partial charge on any atom is 0.0174 e. The summed E-state index contributed by atoms with van der Waals surface area (Å²) in [5.74, 6) is 0.798. The fourth-order valence-electron chi connectivity index (χ4n) is 3.21. The minimum absolute atomic E-state index is 0.0621. The van der Waals surface area contributed by atoms with E-state index in [0.717, 1.165) is 12.5 Å². The third-order valence-electron chi connectivity index (χ3n) is 4.98. The van der Waals surface area contributed by atoms with E-state index in [0.29, 0.717) is 12.6 Å². The quantitative estimate of drug-likeness (QED) is 0.901. The lowest BCUT2D eigenvalue weighted by atomic mass is 9.80. The van der Waals surface area contributed by atoms with Crippen molar-refractivity contribution in [3.63, 3.8) is 0 Å². The van der Waals surface area contributed by atoms with E-state index in [1.54, 1.807) is 0 Å². The average Bonchev–Trinajstić information content (AvgIpc) is 2.45. The Morgan fingerprint density at radius 1 is 1.26 bits per heavy atom. The summed E-state index contributed by atoms with van der Waals surface area (Å²) in [6.07, 6.45) is 2.68. The number of likely N-dealkylation sites (tertiary alicyclic amines) is 1. The van der Waals surface area contributed by atoms with Gasteiger partial charge in [-0.05, 0) is 37.8 Å². The molecule has 0 aliphatic carbocycles. The van der Waals surface area contributed by atoms with Gasteiger partial charge in [-0.1, -0.05) is 44.2 Å². The smallest absolute Gasteiger partial charge is 0.0174 e. The van der Waals surface area contributed by atoms with Gasteiger partial charge in [0.2, 0.25) is 0 Å². The van der Waals surface area contributed by atoms with Crippen molar-refractivity contribution in [1.82, 2.24) is 4.90 Å². The molecule has 3 atom stereocenters. The second-order valence-electron chi connectivity index (χ2n) is 6.46. The summed E-state index contributed by atoms with van der Waals surface area (Å²) in [7, 11) is 0. The van der Waals surface area contributed by atoms with Crippen LogP contribution in [0.25, 0.3) is 0 Å². The van der Waals surface area contributed by atoms with Crippen molar-refractivity contribution in [2.45, 2.75) is 45.1 Å². The summed E-state index contributed by atoms with van der Waals surface area (Å²) in [4.78, 5) is 2.63. The van der Waals surface area contributed by atoms with Crippen LogP contribution >= 0.6 is 0 Å². The molecule has 1 saturated heterocycles. The highest BCUT2D eigenvalue weighted by Crippen LogP contribution is 2.29. The standard InChI is InChI=1S/C17H28N2/c1-14-8-7-11-19(15(14)2)13-17(3,12-18)16-9-5-4-6-10-16/h4-6,9-10,14-15H,7-8,11-13,18H2,1-3H3. The summed E-state index contributed by atoms with van der Waals surface area (Å²) >= 11 is 0. The Morgan fingerprint density at radius 3 is 2.58 bits per heavy atom. The minimum Gasteiger partial charge on any atom is -0.330 e. The number of benzene rings is 1. The first kappa shape index (κ1) is 14.5. The van der Waals surface area contributed by atoms with Crippen molar-refractivity contribution >= 4 is 0 Å². The monoisotopic (exact) mass is 260 g/mol. The topological polar surface area (TPSA) is 29.3 Å². The molecule has 1 heterocycles. The predicted molar refractivity (Wildman–Crippen MR) is 82.3 cm³/mol. The highest BCUT2D eigenvalue weighted by atomic mass is 15.2. The molecule has 1 aliphatic heterocycles. The molecule has 106 valence electrons. The Morgan fingerprint density at radius 2 is 1.95 bits per heavy atom. The molecule has 2 heteroatoms. The van der Waals surface area contributed by atoms with Gasteiger partial charge in [-0.2, -0.15) is 0 Å². The molecule has 0 radical (unpaired) electrons. The predicted octanol–water partition coefficient (Wildman–Crippen LogP) is 3.02. The first-order valence-corrected chi connectivity index (χ1v) is 7.56. The van der Waals surface area contributed by atoms with Gasteiger partial charge in [0.15, 0.2) is 0 Å². The van der Waals surface area contributed by atoms with Crippen molar-refractivity contribution in [2.24, 2.45) is 11.7 Å². The highest BCUT2D eigenvalue weighted by Gasteiger charge is 2.32. The third-order valence-corrected chi connectivity index (χ3v) is 4.98. The van der Waals surface area contributed by atoms with E-state index in [9.17, 15) is 0 Å². The van der Waals surface area contributed by atoms with Crippen molar-refractivity contribution in [1.29, 1.82) is 0 Å². The maximum atomic E-state index is 6.11. The number of rotatable bonds is 4. The van der Waals surface area contributed by atoms with E-state index < -0.39 is 0 Å². The number of hydrogen-bond donors (Lipinski definition) is 1. The first-order chi connectivity index (χ1) is 9.07. The first-order valence-electron chi connectivity index (χ1n) is 7.56. The SMILES string of the molecule is CC1CCCN(CC(C)(CN)c2ccccc2)C1C. The zero-order chi connectivity index (χ0) is 13.9. The van der Waals surface area contributed by atoms with Crippen molar-refractivity contribution in [3.05, 3.63) is 35.9 Å². The van der Waals surface area contributed by atoms with E-state index in [4.69, 9.17) is 5.73 Å². The number of hydrogen-bond acceptors (Lipinski definition) is 2. The van der Waals surface area contributed by atoms with Crippen LogP contribution in [0, 0.1) is 5.92 Å². The van der Waals surface area contributed by atoms with Crippen LogP contribution in [0.3, 0.4) is 0 Å². The van der Waals surface area contributed by atoms with Crippen LogP contribution in [-0.4, -0.2) is 30.6 Å². The Bertz CT molecular complexity index is 390. The minimum atomic E-state index is 0.0621. The molecule has 0 spiro atoms. The zero-order valence-corrected chi connectivity index (χ0v) is 12.6. The fourth-order valence-corrected chi connectivity index (χ4v) is 3.21. The van der Waals surface area contributed by atoms with Gasteiger partial charge in [0.05, 0.1) is 0 Å². The molecule has 0 saturated carbocycles. The summed E-state index contributed by atoms with van der Waals surface area (Å²) in [6, 6.07) is 11.4. The summed E-state index contributed by atoms with van der Waals surface area (Å²) in [6.45, 7) is 10.0. The van der Waals surface area contributed by atoms with Crippen LogP contribution in [-0.2, 0) is 5.41 Å². The van der Waals surface area contributed by atoms with Crippen LogP contribution in [0.5, 0.6) is 0 Å². The Kier molecular flexibility index (Phi) is 4.64. The van der Waals surface area contributed by atoms with Gasteiger partial charge < -0.3 is 5.73 Å². The Hall–Kier alpha value is -0.860. The van der Waals surface area contributed by atoms with Crippen molar-refractivity contribution < 1.29 is 0 Å². The highest BCUT2D eigenvalue weighted by molar-refractivity contribution is 5.25. The van der Waals surface area contributed by atoms with Crippen LogP contribution in [0.2, 0.25) is 0 Å². The molecule has 0 bridgehead atoms. The van der Waals surface area contributed by atoms with E-state index in [1.165, 1.54) is 24.9 Å². The Balaban J connectivity index is 2.14. The molecule has 1 aliphatic rings. The molecule has 2 rings (SSSR count). The number of piperidine rings is 1. The van der Waals surface area contributed by atoms with Gasteiger partial charge in [0, 0.05) is 24.5 Å². The van der Waals surface area contributed by atoms with Gasteiger partial charge in [0.25, 0.3) is 0 Å². The second kappa shape index (κ2) is 6.06. The van der Waals surface area contributed by atoms with Crippen molar-refractivity contribution in [2.75, 3.05) is 19.6 Å². The second-order valence-corrected chi connectivity index (χ2v) is 6.46. The molecule has 1 aromatic rings. The molecule has 0 aromatic heterocycles. The van der Waals surface area contributed by atoms with Gasteiger partial charge in [-0.15, -0.1) is 0 Å². The summed E-state index contributed by atoms with van der Waals surface area (Å²) in [5.41, 5.74) is 7.54. The Labute approximate surface area is 118 Å². The van der Waals surface area contributed by atoms with Gasteiger partial charge >= 0.3 is 0 Å². The lowest BCUT2D eigenvalue weighted by Gasteiger charge is -2.43. The average molecular weight is 260 g/mol. The van der Waals surface area contributed by atoms with E-state index in [-0.39, 0.29) is 5.41 Å². The molecule has 3 unspecified atom stereocenters. The molecular formula is C17H28N2. The van der Waals surface area contributed by atoms with E-state index in [2.05, 4.69) is 56.0 Å². The van der Waals surface area contributed by atoms with Crippen molar-refractivity contribution in [3.8, 4) is 0 Å². The lowest BCUT2D eigenvalue weighted by molar-refractivity contribution is 0.0902. The number of nitrogens with zero attached hydrogens (tertiary/aromatic N) is 1. The molecule has 2 nitrogen and oxygen atoms in total. The van der Waals surface area contributed by atoms with E-state index in [1.807, 2.05) is 0 Å². The molecular weight excluding hydrogens is 232 g/mol. The lowest BCUT2D eigenvalue weighted by Crippen LogP contribution is -2.50. The van der Waals surface area contributed by atoms with Crippen LogP contribution in [0.4, 0.5) is 0 Å². The van der Waals surface area contributed by atoms with Gasteiger partial charge in [0.1, 0.15) is 0 Å². The number of nitrogens with two attached hydrogens (primary N) is 1. The van der Waals surface area contributed by atoms with Crippen LogP contribution < -0.4 is 5.73 Å². The largest absolute Gasteiger partial charge is 0.330 e.